The van der Waals surface area contributed by atoms with Crippen LogP contribution in [0.2, 0.25) is 0 Å². The molecule has 0 unspecified atom stereocenters. The van der Waals surface area contributed by atoms with Crippen LogP contribution in [0.3, 0.4) is 0 Å². The molecule has 0 amide bonds. The summed E-state index contributed by atoms with van der Waals surface area (Å²) in [6.07, 6.45) is 3.48. The fraction of sp³-hybridized carbons (Fsp3) is 0. The molecule has 0 spiro atoms. The van der Waals surface area contributed by atoms with Crippen molar-refractivity contribution in [2.75, 3.05) is 5.32 Å². The van der Waals surface area contributed by atoms with Crippen LogP contribution in [-0.2, 0) is 0 Å². The Labute approximate surface area is 78.0 Å². The molecule has 3 heteroatoms. The Hall–Kier alpha value is -1.90. The molecule has 0 fully saturated rings. The highest BCUT2D eigenvalue weighted by Crippen LogP contribution is 2.08. The summed E-state index contributed by atoms with van der Waals surface area (Å²) in [6, 6.07) is 11.4. The summed E-state index contributed by atoms with van der Waals surface area (Å²) in [5, 5.41) is 3.08. The monoisotopic (exact) mass is 173 g/mol. The number of hydrogen-bond acceptors (Lipinski definition) is 3. The van der Waals surface area contributed by atoms with E-state index in [0.717, 1.165) is 11.6 Å². The summed E-state index contributed by atoms with van der Waals surface area (Å²) < 4.78 is 0. The Morgan fingerprint density at radius 3 is 1.77 bits per heavy atom. The minimum atomic E-state index is 0. The summed E-state index contributed by atoms with van der Waals surface area (Å²) in [7, 11) is 0. The predicted molar refractivity (Wildman–Crippen MR) is 53.9 cm³/mol. The number of nitrogens with one attached hydrogen (secondary N) is 1. The molecule has 0 aliphatic rings. The van der Waals surface area contributed by atoms with Crippen LogP contribution >= 0.6 is 0 Å². The van der Waals surface area contributed by atoms with E-state index in [1.165, 1.54) is 0 Å². The molecule has 2 heterocycles. The van der Waals surface area contributed by atoms with Crippen LogP contribution in [0.4, 0.5) is 11.6 Å². The molecule has 3 nitrogen and oxygen atoms in total. The average molecular weight is 173 g/mol. The molecule has 0 saturated heterocycles. The summed E-state index contributed by atoms with van der Waals surface area (Å²) in [5.74, 6) is 1.61. The van der Waals surface area contributed by atoms with E-state index in [-0.39, 0.29) is 1.43 Å². The molecule has 0 aromatic carbocycles. The van der Waals surface area contributed by atoms with E-state index >= 15 is 0 Å². The topological polar surface area (TPSA) is 37.8 Å². The van der Waals surface area contributed by atoms with E-state index < -0.39 is 0 Å². The number of nitrogens with zero attached hydrogens (tertiary/aromatic N) is 2. The van der Waals surface area contributed by atoms with Crippen molar-refractivity contribution < 1.29 is 1.43 Å². The first kappa shape index (κ1) is 7.73. The van der Waals surface area contributed by atoms with Crippen LogP contribution in [-0.4, -0.2) is 9.97 Å². The zero-order chi connectivity index (χ0) is 8.93. The van der Waals surface area contributed by atoms with Crippen molar-refractivity contribution in [3.05, 3.63) is 48.8 Å². The lowest BCUT2D eigenvalue weighted by Crippen LogP contribution is -1.93. The van der Waals surface area contributed by atoms with Crippen LogP contribution in [0.25, 0.3) is 0 Å². The molecule has 2 aromatic rings. The molecule has 2 rings (SSSR count). The van der Waals surface area contributed by atoms with E-state index in [1.807, 2.05) is 36.4 Å². The highest BCUT2D eigenvalue weighted by molar-refractivity contribution is 5.50. The van der Waals surface area contributed by atoms with E-state index in [9.17, 15) is 0 Å². The lowest BCUT2D eigenvalue weighted by molar-refractivity contribution is 1.25. The van der Waals surface area contributed by atoms with Gasteiger partial charge in [-0.3, -0.25) is 0 Å². The van der Waals surface area contributed by atoms with Gasteiger partial charge in [0.15, 0.2) is 0 Å². The van der Waals surface area contributed by atoms with Gasteiger partial charge in [0.25, 0.3) is 0 Å². The van der Waals surface area contributed by atoms with Crippen molar-refractivity contribution in [3.8, 4) is 0 Å². The first-order valence-electron chi connectivity index (χ1n) is 4.04. The number of anilines is 2. The third-order valence-corrected chi connectivity index (χ3v) is 1.59. The van der Waals surface area contributed by atoms with Crippen molar-refractivity contribution in [2.45, 2.75) is 0 Å². The largest absolute Gasteiger partial charge is 0.325 e. The van der Waals surface area contributed by atoms with E-state index in [1.54, 1.807) is 12.4 Å². The number of hydrogen-bond donors (Lipinski definition) is 1. The van der Waals surface area contributed by atoms with Gasteiger partial charge in [-0.25, -0.2) is 9.97 Å². The third-order valence-electron chi connectivity index (χ3n) is 1.59. The fourth-order valence-electron chi connectivity index (χ4n) is 1.00. The number of aromatic nitrogens is 2. The molecule has 0 atom stereocenters. The second-order valence-corrected chi connectivity index (χ2v) is 2.55. The van der Waals surface area contributed by atoms with Gasteiger partial charge in [0.05, 0.1) is 0 Å². The van der Waals surface area contributed by atoms with Gasteiger partial charge >= 0.3 is 0 Å². The molecule has 0 aliphatic heterocycles. The Morgan fingerprint density at radius 1 is 0.846 bits per heavy atom. The average Bonchev–Trinajstić information content (AvgIpc) is 2.21. The van der Waals surface area contributed by atoms with Crippen LogP contribution in [0.1, 0.15) is 1.43 Å². The van der Waals surface area contributed by atoms with Gasteiger partial charge in [-0.1, -0.05) is 12.1 Å². The van der Waals surface area contributed by atoms with E-state index in [2.05, 4.69) is 15.3 Å². The Bertz CT molecular complexity index is 326. The van der Waals surface area contributed by atoms with Crippen LogP contribution in [0, 0.1) is 0 Å². The first-order valence-corrected chi connectivity index (χ1v) is 4.04. The second kappa shape index (κ2) is 3.67. The summed E-state index contributed by atoms with van der Waals surface area (Å²) in [5.41, 5.74) is 0. The quantitative estimate of drug-likeness (QED) is 0.758. The Kier molecular flexibility index (Phi) is 2.18. The van der Waals surface area contributed by atoms with Crippen molar-refractivity contribution in [2.24, 2.45) is 0 Å². The molecule has 2 aromatic heterocycles. The first-order chi connectivity index (χ1) is 6.45. The maximum absolute atomic E-state index is 4.12. The molecule has 0 saturated carbocycles. The normalized spacial score (nSPS) is 9.54. The fourth-order valence-corrected chi connectivity index (χ4v) is 1.00. The van der Waals surface area contributed by atoms with Crippen molar-refractivity contribution in [1.82, 2.24) is 9.97 Å². The molecule has 0 bridgehead atoms. The highest BCUT2D eigenvalue weighted by atomic mass is 15.0. The smallest absolute Gasteiger partial charge is 0.131 e. The molecule has 0 radical (unpaired) electrons. The number of rotatable bonds is 2. The van der Waals surface area contributed by atoms with Crippen molar-refractivity contribution in [3.63, 3.8) is 0 Å². The molecule has 0 aliphatic carbocycles. The Morgan fingerprint density at radius 2 is 1.38 bits per heavy atom. The summed E-state index contributed by atoms with van der Waals surface area (Å²) in [4.78, 5) is 8.25. The Balaban J connectivity index is 0.000000980. The van der Waals surface area contributed by atoms with Crippen molar-refractivity contribution in [1.29, 1.82) is 0 Å². The van der Waals surface area contributed by atoms with Crippen LogP contribution in [0.5, 0.6) is 0 Å². The van der Waals surface area contributed by atoms with Gasteiger partial charge in [-0.05, 0) is 24.3 Å². The SMILES string of the molecule is [HH].c1ccc(Nc2ccccn2)nc1. The molecule has 66 valence electrons. The lowest BCUT2D eigenvalue weighted by Gasteiger charge is -2.02. The standard InChI is InChI=1S/C10H9N3.H2/c1-3-7-11-9(5-1)13-10-6-2-4-8-12-10;/h1-8H,(H,11,12,13);1H. The molecular formula is C10H11N3. The molecule has 13 heavy (non-hydrogen) atoms. The summed E-state index contributed by atoms with van der Waals surface area (Å²) >= 11 is 0. The van der Waals surface area contributed by atoms with Crippen LogP contribution in [0.15, 0.2) is 48.8 Å². The van der Waals surface area contributed by atoms with Crippen molar-refractivity contribution >= 4 is 11.6 Å². The minimum Gasteiger partial charge on any atom is -0.325 e. The maximum atomic E-state index is 4.12. The zero-order valence-electron chi connectivity index (χ0n) is 7.01. The van der Waals surface area contributed by atoms with E-state index in [4.69, 9.17) is 0 Å². The third kappa shape index (κ3) is 2.02. The van der Waals surface area contributed by atoms with Gasteiger partial charge in [0.2, 0.25) is 0 Å². The van der Waals surface area contributed by atoms with Gasteiger partial charge in [0, 0.05) is 13.8 Å². The second-order valence-electron chi connectivity index (χ2n) is 2.55. The number of pyridine rings is 2. The highest BCUT2D eigenvalue weighted by Gasteiger charge is 1.92. The van der Waals surface area contributed by atoms with E-state index in [0.29, 0.717) is 0 Å². The maximum Gasteiger partial charge on any atom is 0.131 e. The molecule has 1 N–H and O–H groups in total. The van der Waals surface area contributed by atoms with Gasteiger partial charge in [0.1, 0.15) is 11.6 Å². The minimum absolute atomic E-state index is 0. The molecular weight excluding hydrogens is 162 g/mol. The lowest BCUT2D eigenvalue weighted by atomic mass is 10.4. The van der Waals surface area contributed by atoms with Crippen LogP contribution < -0.4 is 5.32 Å². The van der Waals surface area contributed by atoms with Gasteiger partial charge in [-0.2, -0.15) is 0 Å². The zero-order valence-corrected chi connectivity index (χ0v) is 7.01. The summed E-state index contributed by atoms with van der Waals surface area (Å²) in [6.45, 7) is 0. The predicted octanol–water partition coefficient (Wildman–Crippen LogP) is 2.47. The van der Waals surface area contributed by atoms with Gasteiger partial charge < -0.3 is 5.32 Å². The van der Waals surface area contributed by atoms with Gasteiger partial charge in [-0.15, -0.1) is 0 Å².